The number of carbonyl (C=O) groups excluding carboxylic acids is 1. The fourth-order valence-corrected chi connectivity index (χ4v) is 3.78. The first-order valence-corrected chi connectivity index (χ1v) is 7.73. The smallest absolute Gasteiger partial charge is 0.304 e. The predicted molar refractivity (Wildman–Crippen MR) is 80.8 cm³/mol. The second-order valence-electron chi connectivity index (χ2n) is 5.64. The van der Waals surface area contributed by atoms with Crippen molar-refractivity contribution in [3.8, 4) is 0 Å². The minimum Gasteiger partial charge on any atom is -0.358 e. The van der Waals surface area contributed by atoms with Gasteiger partial charge in [0.2, 0.25) is 0 Å². The molecule has 0 bridgehead atoms. The van der Waals surface area contributed by atoms with Gasteiger partial charge in [0.1, 0.15) is 0 Å². The lowest BCUT2D eigenvalue weighted by Gasteiger charge is -2.33. The molecule has 0 aromatic carbocycles. The molecule has 0 unspecified atom stereocenters. The Labute approximate surface area is 122 Å². The molecule has 0 spiro atoms. The molecule has 0 amide bonds. The summed E-state index contributed by atoms with van der Waals surface area (Å²) in [7, 11) is 1.91. The summed E-state index contributed by atoms with van der Waals surface area (Å²) in [6.07, 6.45) is 4.44. The van der Waals surface area contributed by atoms with Crippen molar-refractivity contribution in [2.75, 3.05) is 11.9 Å². The summed E-state index contributed by atoms with van der Waals surface area (Å²) in [5, 5.41) is 11.8. The van der Waals surface area contributed by atoms with Crippen LogP contribution in [0.1, 0.15) is 49.2 Å². The van der Waals surface area contributed by atoms with Crippen LogP contribution < -0.4 is 4.90 Å². The highest BCUT2D eigenvalue weighted by molar-refractivity contribution is 7.18. The molecule has 1 fully saturated rings. The van der Waals surface area contributed by atoms with Crippen LogP contribution in [0.3, 0.4) is 0 Å². The normalized spacial score (nSPS) is 22.6. The Morgan fingerprint density at radius 1 is 1.40 bits per heavy atom. The number of thiophene rings is 1. The van der Waals surface area contributed by atoms with Crippen molar-refractivity contribution >= 4 is 27.8 Å². The SMILES string of the molecule is CC(=O)c1cc([N+](=O)[O-])c(N(C)C2CCC(C)CC2)s1. The Kier molecular flexibility index (Phi) is 4.42. The zero-order valence-corrected chi connectivity index (χ0v) is 12.9. The van der Waals surface area contributed by atoms with E-state index in [0.717, 1.165) is 31.6 Å². The topological polar surface area (TPSA) is 63.4 Å². The number of rotatable bonds is 4. The van der Waals surface area contributed by atoms with Crippen molar-refractivity contribution in [1.29, 1.82) is 0 Å². The number of ketones is 1. The van der Waals surface area contributed by atoms with Crippen molar-refractivity contribution in [2.45, 2.75) is 45.6 Å². The van der Waals surface area contributed by atoms with Gasteiger partial charge < -0.3 is 4.90 Å². The van der Waals surface area contributed by atoms with E-state index in [1.807, 2.05) is 11.9 Å². The number of hydrogen-bond acceptors (Lipinski definition) is 5. The Hall–Kier alpha value is -1.43. The molecule has 1 aromatic heterocycles. The number of Topliss-reactive ketones (excluding diaryl/α,β-unsaturated/α-hetero) is 1. The molecule has 1 aliphatic carbocycles. The van der Waals surface area contributed by atoms with Crippen LogP contribution in [0.4, 0.5) is 10.7 Å². The molecule has 2 rings (SSSR count). The van der Waals surface area contributed by atoms with Gasteiger partial charge in [-0.15, -0.1) is 11.3 Å². The summed E-state index contributed by atoms with van der Waals surface area (Å²) in [6.45, 7) is 3.69. The van der Waals surface area contributed by atoms with Gasteiger partial charge in [-0.2, -0.15) is 0 Å². The van der Waals surface area contributed by atoms with E-state index in [9.17, 15) is 14.9 Å². The Morgan fingerprint density at radius 3 is 2.50 bits per heavy atom. The van der Waals surface area contributed by atoms with Crippen LogP contribution in [0.2, 0.25) is 0 Å². The van der Waals surface area contributed by atoms with Gasteiger partial charge in [-0.1, -0.05) is 6.92 Å². The number of hydrogen-bond donors (Lipinski definition) is 0. The third-order valence-corrected chi connectivity index (χ3v) is 5.41. The highest BCUT2D eigenvalue weighted by Crippen LogP contribution is 2.40. The fourth-order valence-electron chi connectivity index (χ4n) is 2.72. The van der Waals surface area contributed by atoms with Crippen LogP contribution in [0.5, 0.6) is 0 Å². The quantitative estimate of drug-likeness (QED) is 0.480. The van der Waals surface area contributed by atoms with Crippen molar-refractivity contribution in [2.24, 2.45) is 5.92 Å². The van der Waals surface area contributed by atoms with E-state index in [4.69, 9.17) is 0 Å². The molecule has 1 aliphatic rings. The van der Waals surface area contributed by atoms with Crippen LogP contribution in [0, 0.1) is 16.0 Å². The highest BCUT2D eigenvalue weighted by Gasteiger charge is 2.29. The van der Waals surface area contributed by atoms with E-state index in [0.29, 0.717) is 15.9 Å². The molecule has 20 heavy (non-hydrogen) atoms. The molecular formula is C14H20N2O3S. The molecule has 0 aliphatic heterocycles. The van der Waals surface area contributed by atoms with E-state index in [1.165, 1.54) is 24.3 Å². The maximum atomic E-state index is 11.4. The predicted octanol–water partition coefficient (Wildman–Crippen LogP) is 3.87. The van der Waals surface area contributed by atoms with E-state index in [1.54, 1.807) is 0 Å². The number of nitrogens with zero attached hydrogens (tertiary/aromatic N) is 2. The third kappa shape index (κ3) is 3.00. The fraction of sp³-hybridized carbons (Fsp3) is 0.643. The summed E-state index contributed by atoms with van der Waals surface area (Å²) >= 11 is 1.23. The van der Waals surface area contributed by atoms with Crippen LogP contribution in [-0.2, 0) is 0 Å². The molecule has 0 radical (unpaired) electrons. The number of nitro groups is 1. The standard InChI is InChI=1S/C14H20N2O3S/c1-9-4-6-11(7-5-9)15(3)14-12(16(18)19)8-13(20-14)10(2)17/h8-9,11H,4-7H2,1-3H3. The molecule has 110 valence electrons. The molecule has 1 saturated carbocycles. The first-order chi connectivity index (χ1) is 9.40. The van der Waals surface area contributed by atoms with Gasteiger partial charge in [-0.25, -0.2) is 0 Å². The lowest BCUT2D eigenvalue weighted by atomic mass is 9.87. The van der Waals surface area contributed by atoms with Crippen LogP contribution >= 0.6 is 11.3 Å². The van der Waals surface area contributed by atoms with Gasteiger partial charge >= 0.3 is 5.69 Å². The van der Waals surface area contributed by atoms with E-state index in [-0.39, 0.29) is 16.4 Å². The summed E-state index contributed by atoms with van der Waals surface area (Å²) in [5.74, 6) is 0.626. The monoisotopic (exact) mass is 296 g/mol. The largest absolute Gasteiger partial charge is 0.358 e. The minimum atomic E-state index is -0.389. The lowest BCUT2D eigenvalue weighted by Crippen LogP contribution is -2.34. The molecule has 1 heterocycles. The number of carbonyl (C=O) groups is 1. The third-order valence-electron chi connectivity index (χ3n) is 4.09. The van der Waals surface area contributed by atoms with Crippen molar-refractivity contribution < 1.29 is 9.72 Å². The van der Waals surface area contributed by atoms with Gasteiger partial charge in [0.05, 0.1) is 9.80 Å². The van der Waals surface area contributed by atoms with Gasteiger partial charge in [-0.3, -0.25) is 14.9 Å². The summed E-state index contributed by atoms with van der Waals surface area (Å²) in [6, 6.07) is 1.74. The summed E-state index contributed by atoms with van der Waals surface area (Å²) in [5.41, 5.74) is 0.0568. The van der Waals surface area contributed by atoms with Crippen LogP contribution in [0.25, 0.3) is 0 Å². The molecule has 1 aromatic rings. The maximum absolute atomic E-state index is 11.4. The van der Waals surface area contributed by atoms with Crippen LogP contribution in [0.15, 0.2) is 6.07 Å². The maximum Gasteiger partial charge on any atom is 0.304 e. The highest BCUT2D eigenvalue weighted by atomic mass is 32.1. The first-order valence-electron chi connectivity index (χ1n) is 6.92. The molecular weight excluding hydrogens is 276 g/mol. The zero-order chi connectivity index (χ0) is 14.9. The van der Waals surface area contributed by atoms with Crippen molar-refractivity contribution in [1.82, 2.24) is 0 Å². The second-order valence-corrected chi connectivity index (χ2v) is 6.67. The van der Waals surface area contributed by atoms with Crippen LogP contribution in [-0.4, -0.2) is 23.8 Å². The second kappa shape index (κ2) is 5.91. The summed E-state index contributed by atoms with van der Waals surface area (Å²) < 4.78 is 0. The lowest BCUT2D eigenvalue weighted by molar-refractivity contribution is -0.383. The molecule has 0 N–H and O–H groups in total. The summed E-state index contributed by atoms with van der Waals surface area (Å²) in [4.78, 5) is 24.7. The molecule has 5 nitrogen and oxygen atoms in total. The average molecular weight is 296 g/mol. The Morgan fingerprint density at radius 2 is 2.00 bits per heavy atom. The molecule has 0 atom stereocenters. The van der Waals surface area contributed by atoms with Crippen molar-refractivity contribution in [3.63, 3.8) is 0 Å². The van der Waals surface area contributed by atoms with E-state index in [2.05, 4.69) is 6.92 Å². The van der Waals surface area contributed by atoms with E-state index >= 15 is 0 Å². The molecule has 6 heteroatoms. The van der Waals surface area contributed by atoms with Gasteiger partial charge in [0.15, 0.2) is 10.8 Å². The van der Waals surface area contributed by atoms with Crippen molar-refractivity contribution in [3.05, 3.63) is 21.1 Å². The number of anilines is 1. The van der Waals surface area contributed by atoms with Gasteiger partial charge in [0.25, 0.3) is 0 Å². The van der Waals surface area contributed by atoms with Gasteiger partial charge in [0, 0.05) is 19.2 Å². The average Bonchev–Trinajstić information content (AvgIpc) is 2.84. The van der Waals surface area contributed by atoms with Gasteiger partial charge in [-0.05, 0) is 38.5 Å². The Bertz CT molecular complexity index is 518. The minimum absolute atomic E-state index is 0.0568. The Balaban J connectivity index is 2.26. The zero-order valence-electron chi connectivity index (χ0n) is 12.1. The van der Waals surface area contributed by atoms with E-state index < -0.39 is 0 Å². The first kappa shape index (κ1) is 15.0. The molecule has 0 saturated heterocycles.